The SMILES string of the molecule is O=C1OC[C@H](C(Sc2ccccc2)(Sc2ccccc2)c2ccc3c(c2)OCO3)[C@@H]1F. The molecule has 7 heteroatoms. The zero-order chi connectivity index (χ0) is 21.3. The average Bonchev–Trinajstić information content (AvgIpc) is 3.41. The van der Waals surface area contributed by atoms with Crippen molar-refractivity contribution in [2.45, 2.75) is 20.0 Å². The highest BCUT2D eigenvalue weighted by molar-refractivity contribution is 8.17. The molecule has 2 heterocycles. The predicted molar refractivity (Wildman–Crippen MR) is 118 cm³/mol. The first-order valence-electron chi connectivity index (χ1n) is 9.85. The van der Waals surface area contributed by atoms with Crippen molar-refractivity contribution in [3.05, 3.63) is 84.4 Å². The van der Waals surface area contributed by atoms with Crippen LogP contribution in [-0.2, 0) is 13.6 Å². The van der Waals surface area contributed by atoms with Crippen LogP contribution in [0.1, 0.15) is 5.56 Å². The van der Waals surface area contributed by atoms with Crippen LogP contribution in [-0.4, -0.2) is 25.5 Å². The van der Waals surface area contributed by atoms with Crippen LogP contribution >= 0.6 is 23.5 Å². The Labute approximate surface area is 188 Å². The van der Waals surface area contributed by atoms with E-state index in [4.69, 9.17) is 14.2 Å². The molecule has 158 valence electrons. The molecule has 2 aliphatic rings. The standard InChI is InChI=1S/C24H19FO4S2/c25-22-19(14-27-23(22)26)24(30-17-7-3-1-4-8-17,31-18-9-5-2-6-10-18)16-11-12-20-21(13-16)29-15-28-20/h1-13,19,22H,14-15H2/t19-,22-/m0/s1. The van der Waals surface area contributed by atoms with Crippen molar-refractivity contribution in [3.63, 3.8) is 0 Å². The van der Waals surface area contributed by atoms with Crippen LogP contribution in [0.3, 0.4) is 0 Å². The molecule has 0 N–H and O–H groups in total. The Hall–Kier alpha value is -2.64. The molecule has 3 aromatic carbocycles. The third-order valence-electron chi connectivity index (χ3n) is 5.27. The van der Waals surface area contributed by atoms with Gasteiger partial charge in [0.2, 0.25) is 13.0 Å². The molecule has 0 spiro atoms. The van der Waals surface area contributed by atoms with Gasteiger partial charge in [-0.15, -0.1) is 23.5 Å². The number of alkyl halides is 1. The van der Waals surface area contributed by atoms with E-state index in [1.54, 1.807) is 0 Å². The maximum atomic E-state index is 15.3. The highest BCUT2D eigenvalue weighted by atomic mass is 32.2. The van der Waals surface area contributed by atoms with E-state index in [2.05, 4.69) is 0 Å². The number of cyclic esters (lactones) is 1. The predicted octanol–water partition coefficient (Wildman–Crippen LogP) is 5.66. The Morgan fingerprint density at radius 3 is 2.00 bits per heavy atom. The molecule has 0 unspecified atom stereocenters. The summed E-state index contributed by atoms with van der Waals surface area (Å²) in [6.45, 7) is 0.161. The lowest BCUT2D eigenvalue weighted by molar-refractivity contribution is -0.142. The number of carbonyl (C=O) groups is 1. The lowest BCUT2D eigenvalue weighted by atomic mass is 9.95. The van der Waals surface area contributed by atoms with E-state index in [0.717, 1.165) is 15.4 Å². The third kappa shape index (κ3) is 3.88. The maximum Gasteiger partial charge on any atom is 0.341 e. The van der Waals surface area contributed by atoms with Gasteiger partial charge in [0.25, 0.3) is 0 Å². The van der Waals surface area contributed by atoms with Gasteiger partial charge in [-0.2, -0.15) is 0 Å². The second kappa shape index (κ2) is 8.48. The summed E-state index contributed by atoms with van der Waals surface area (Å²) < 4.78 is 30.7. The minimum absolute atomic E-state index is 0.00804. The van der Waals surface area contributed by atoms with Crippen molar-refractivity contribution in [3.8, 4) is 11.5 Å². The first-order valence-corrected chi connectivity index (χ1v) is 11.5. The van der Waals surface area contributed by atoms with Crippen LogP contribution in [0.4, 0.5) is 4.39 Å². The van der Waals surface area contributed by atoms with E-state index in [1.807, 2.05) is 78.9 Å². The largest absolute Gasteiger partial charge is 0.463 e. The van der Waals surface area contributed by atoms with Gasteiger partial charge in [0.15, 0.2) is 11.5 Å². The van der Waals surface area contributed by atoms with Crippen molar-refractivity contribution >= 4 is 29.5 Å². The molecule has 0 aromatic heterocycles. The van der Waals surface area contributed by atoms with Gasteiger partial charge in [0, 0.05) is 9.79 Å². The number of thioether (sulfide) groups is 2. The number of esters is 1. The summed E-state index contributed by atoms with van der Waals surface area (Å²) in [5.41, 5.74) is 0.838. The monoisotopic (exact) mass is 454 g/mol. The molecule has 2 aliphatic heterocycles. The number of hydrogen-bond acceptors (Lipinski definition) is 6. The summed E-state index contributed by atoms with van der Waals surface area (Å²) in [6.07, 6.45) is -1.72. The van der Waals surface area contributed by atoms with Gasteiger partial charge in [0.1, 0.15) is 10.7 Å². The van der Waals surface area contributed by atoms with Crippen molar-refractivity contribution in [1.29, 1.82) is 0 Å². The van der Waals surface area contributed by atoms with E-state index in [9.17, 15) is 4.79 Å². The van der Waals surface area contributed by atoms with Crippen LogP contribution in [0.5, 0.6) is 11.5 Å². The first kappa shape index (κ1) is 20.3. The van der Waals surface area contributed by atoms with Crippen LogP contribution < -0.4 is 9.47 Å². The quantitative estimate of drug-likeness (QED) is 0.272. The fourth-order valence-corrected chi connectivity index (χ4v) is 6.95. The zero-order valence-electron chi connectivity index (χ0n) is 16.4. The van der Waals surface area contributed by atoms with Gasteiger partial charge in [0.05, 0.1) is 5.92 Å². The molecule has 31 heavy (non-hydrogen) atoms. The second-order valence-corrected chi connectivity index (χ2v) is 10.1. The van der Waals surface area contributed by atoms with Crippen LogP contribution in [0.15, 0.2) is 88.7 Å². The third-order valence-corrected chi connectivity index (χ3v) is 8.47. The van der Waals surface area contributed by atoms with E-state index in [1.165, 1.54) is 23.5 Å². The molecule has 1 saturated heterocycles. The Bertz CT molecular complexity index is 1040. The van der Waals surface area contributed by atoms with Gasteiger partial charge < -0.3 is 14.2 Å². The Kier molecular flexibility index (Phi) is 5.54. The minimum Gasteiger partial charge on any atom is -0.463 e. The molecule has 0 aliphatic carbocycles. The number of hydrogen-bond donors (Lipinski definition) is 0. The summed E-state index contributed by atoms with van der Waals surface area (Å²) in [4.78, 5) is 14.0. The summed E-state index contributed by atoms with van der Waals surface area (Å²) in [5, 5.41) is 0. The highest BCUT2D eigenvalue weighted by Gasteiger charge is 2.54. The molecule has 2 atom stereocenters. The fourth-order valence-electron chi connectivity index (χ4n) is 3.75. The molecule has 1 fully saturated rings. The highest BCUT2D eigenvalue weighted by Crippen LogP contribution is 2.60. The van der Waals surface area contributed by atoms with Crippen molar-refractivity contribution in [1.82, 2.24) is 0 Å². The molecular weight excluding hydrogens is 435 g/mol. The molecule has 0 amide bonds. The van der Waals surface area contributed by atoms with Crippen LogP contribution in [0, 0.1) is 5.92 Å². The number of halogens is 1. The molecule has 0 bridgehead atoms. The maximum absolute atomic E-state index is 15.3. The summed E-state index contributed by atoms with van der Waals surface area (Å²) >= 11 is 3.05. The molecule has 0 radical (unpaired) electrons. The molecule has 4 nitrogen and oxygen atoms in total. The van der Waals surface area contributed by atoms with E-state index in [-0.39, 0.29) is 13.4 Å². The number of carbonyl (C=O) groups excluding carboxylic acids is 1. The topological polar surface area (TPSA) is 44.8 Å². The van der Waals surface area contributed by atoms with Gasteiger partial charge in [-0.05, 0) is 42.0 Å². The number of benzene rings is 3. The van der Waals surface area contributed by atoms with Crippen LogP contribution in [0.2, 0.25) is 0 Å². The van der Waals surface area contributed by atoms with Gasteiger partial charge in [-0.1, -0.05) is 42.5 Å². The summed E-state index contributed by atoms with van der Waals surface area (Å²) in [6, 6.07) is 25.3. The average molecular weight is 455 g/mol. The van der Waals surface area contributed by atoms with Gasteiger partial charge in [-0.3, -0.25) is 0 Å². The zero-order valence-corrected chi connectivity index (χ0v) is 18.0. The number of fused-ring (bicyclic) bond motifs is 1. The Morgan fingerprint density at radius 2 is 1.42 bits per heavy atom. The molecule has 0 saturated carbocycles. The minimum atomic E-state index is -1.72. The van der Waals surface area contributed by atoms with Gasteiger partial charge >= 0.3 is 5.97 Å². The Morgan fingerprint density at radius 1 is 0.806 bits per heavy atom. The first-order chi connectivity index (χ1) is 15.2. The Balaban J connectivity index is 1.68. The normalized spacial score (nSPS) is 20.0. The fraction of sp³-hybridized carbons (Fsp3) is 0.208. The smallest absolute Gasteiger partial charge is 0.341 e. The van der Waals surface area contributed by atoms with Crippen molar-refractivity contribution in [2.75, 3.05) is 13.4 Å². The summed E-state index contributed by atoms with van der Waals surface area (Å²) in [5.74, 6) is -0.235. The summed E-state index contributed by atoms with van der Waals surface area (Å²) in [7, 11) is 0. The van der Waals surface area contributed by atoms with E-state index in [0.29, 0.717) is 11.5 Å². The van der Waals surface area contributed by atoms with Crippen LogP contribution in [0.25, 0.3) is 0 Å². The van der Waals surface area contributed by atoms with Gasteiger partial charge in [-0.25, -0.2) is 9.18 Å². The second-order valence-electron chi connectivity index (χ2n) is 7.20. The number of ether oxygens (including phenoxy) is 3. The molecule has 3 aromatic rings. The lowest BCUT2D eigenvalue weighted by Gasteiger charge is -2.38. The van der Waals surface area contributed by atoms with Crippen molar-refractivity contribution in [2.24, 2.45) is 5.92 Å². The van der Waals surface area contributed by atoms with Crippen molar-refractivity contribution < 1.29 is 23.4 Å². The lowest BCUT2D eigenvalue weighted by Crippen LogP contribution is -2.35. The molecule has 5 rings (SSSR count). The molecular formula is C24H19FO4S2. The number of rotatable bonds is 6. The van der Waals surface area contributed by atoms with E-state index < -0.39 is 22.1 Å². The van der Waals surface area contributed by atoms with E-state index >= 15 is 4.39 Å².